The number of nitrogens with zero attached hydrogens (tertiary/aromatic N) is 2. The van der Waals surface area contributed by atoms with Crippen molar-refractivity contribution in [2.45, 2.75) is 24.7 Å². The maximum Gasteiger partial charge on any atom is 0.254 e. The van der Waals surface area contributed by atoms with Crippen molar-refractivity contribution in [3.8, 4) is 5.69 Å². The number of benzene rings is 2. The third kappa shape index (κ3) is 3.07. The molecule has 1 amide bonds. The molecule has 0 unspecified atom stereocenters. The highest BCUT2D eigenvalue weighted by Gasteiger charge is 2.38. The lowest BCUT2D eigenvalue weighted by Gasteiger charge is -2.42. The first-order valence-corrected chi connectivity index (χ1v) is 8.71. The molecule has 1 aliphatic carbocycles. The van der Waals surface area contributed by atoms with Gasteiger partial charge in [-0.3, -0.25) is 4.79 Å². The zero-order valence-corrected chi connectivity index (χ0v) is 14.1. The molecular weight excluding hydrogens is 310 g/mol. The second-order valence-corrected chi connectivity index (χ2v) is 6.69. The molecule has 1 heterocycles. The van der Waals surface area contributed by atoms with Crippen molar-refractivity contribution in [3.63, 3.8) is 0 Å². The smallest absolute Gasteiger partial charge is 0.254 e. The molecule has 0 radical (unpaired) electrons. The molecule has 3 aromatic rings. The molecule has 0 atom stereocenters. The highest BCUT2D eigenvalue weighted by Crippen LogP contribution is 2.43. The van der Waals surface area contributed by atoms with Crippen LogP contribution in [0.1, 0.15) is 35.2 Å². The van der Waals surface area contributed by atoms with E-state index in [0.29, 0.717) is 12.1 Å². The van der Waals surface area contributed by atoms with Gasteiger partial charge in [-0.05, 0) is 30.5 Å². The summed E-state index contributed by atoms with van der Waals surface area (Å²) in [6.45, 7) is 0.673. The number of para-hydroxylation sites is 1. The summed E-state index contributed by atoms with van der Waals surface area (Å²) in [5.74, 6) is -0.0654. The molecule has 1 aromatic heterocycles. The minimum atomic E-state index is -0.0654. The van der Waals surface area contributed by atoms with Gasteiger partial charge < -0.3 is 5.32 Å². The van der Waals surface area contributed by atoms with Crippen LogP contribution in [-0.4, -0.2) is 22.2 Å². The molecule has 1 saturated carbocycles. The van der Waals surface area contributed by atoms with Crippen molar-refractivity contribution in [1.82, 2.24) is 15.1 Å². The average molecular weight is 331 g/mol. The SMILES string of the molecule is O=C(NCC1(c2ccccc2)CCC1)c1cnn(-c2ccccc2)c1. The quantitative estimate of drug-likeness (QED) is 0.774. The summed E-state index contributed by atoms with van der Waals surface area (Å²) in [7, 11) is 0. The summed E-state index contributed by atoms with van der Waals surface area (Å²) in [6.07, 6.45) is 6.87. The van der Waals surface area contributed by atoms with Crippen molar-refractivity contribution < 1.29 is 4.79 Å². The zero-order chi connectivity index (χ0) is 17.1. The van der Waals surface area contributed by atoms with Gasteiger partial charge in [-0.25, -0.2) is 4.68 Å². The van der Waals surface area contributed by atoms with Gasteiger partial charge in [0.2, 0.25) is 0 Å². The van der Waals surface area contributed by atoms with Crippen LogP contribution >= 0.6 is 0 Å². The largest absolute Gasteiger partial charge is 0.351 e. The Morgan fingerprint density at radius 3 is 2.36 bits per heavy atom. The molecule has 2 aromatic carbocycles. The molecule has 126 valence electrons. The number of carbonyl (C=O) groups excluding carboxylic acids is 1. The minimum absolute atomic E-state index is 0.0654. The van der Waals surface area contributed by atoms with Crippen LogP contribution in [0.4, 0.5) is 0 Å². The van der Waals surface area contributed by atoms with E-state index in [9.17, 15) is 4.79 Å². The number of carbonyl (C=O) groups is 1. The van der Waals surface area contributed by atoms with Gasteiger partial charge in [0.15, 0.2) is 0 Å². The summed E-state index contributed by atoms with van der Waals surface area (Å²) in [4.78, 5) is 12.5. The maximum atomic E-state index is 12.5. The van der Waals surface area contributed by atoms with E-state index in [1.165, 1.54) is 12.0 Å². The third-order valence-corrected chi connectivity index (χ3v) is 5.15. The Labute approximate surface area is 147 Å². The van der Waals surface area contributed by atoms with Crippen LogP contribution in [0.15, 0.2) is 73.1 Å². The fourth-order valence-electron chi connectivity index (χ4n) is 3.48. The summed E-state index contributed by atoms with van der Waals surface area (Å²) in [5, 5.41) is 7.41. The monoisotopic (exact) mass is 331 g/mol. The first kappa shape index (κ1) is 15.6. The van der Waals surface area contributed by atoms with Crippen LogP contribution in [0.5, 0.6) is 0 Å². The van der Waals surface area contributed by atoms with Gasteiger partial charge in [0.25, 0.3) is 5.91 Å². The molecule has 4 nitrogen and oxygen atoms in total. The van der Waals surface area contributed by atoms with Crippen molar-refractivity contribution in [2.75, 3.05) is 6.54 Å². The molecule has 0 saturated heterocycles. The Morgan fingerprint density at radius 1 is 1.04 bits per heavy atom. The topological polar surface area (TPSA) is 46.9 Å². The fraction of sp³-hybridized carbons (Fsp3) is 0.238. The van der Waals surface area contributed by atoms with Gasteiger partial charge >= 0.3 is 0 Å². The number of hydrogen-bond acceptors (Lipinski definition) is 2. The van der Waals surface area contributed by atoms with Gasteiger partial charge in [-0.2, -0.15) is 5.10 Å². The molecule has 0 bridgehead atoms. The predicted molar refractivity (Wildman–Crippen MR) is 97.9 cm³/mol. The number of rotatable bonds is 5. The molecule has 4 heteroatoms. The molecular formula is C21H21N3O. The van der Waals surface area contributed by atoms with Crippen LogP contribution in [0, 0.1) is 0 Å². The summed E-state index contributed by atoms with van der Waals surface area (Å²) in [6, 6.07) is 20.3. The summed E-state index contributed by atoms with van der Waals surface area (Å²) >= 11 is 0. The van der Waals surface area contributed by atoms with Gasteiger partial charge in [0.1, 0.15) is 0 Å². The lowest BCUT2D eigenvalue weighted by atomic mass is 9.64. The molecule has 1 N–H and O–H groups in total. The maximum absolute atomic E-state index is 12.5. The van der Waals surface area contributed by atoms with E-state index >= 15 is 0 Å². The highest BCUT2D eigenvalue weighted by atomic mass is 16.1. The lowest BCUT2D eigenvalue weighted by Crippen LogP contribution is -2.45. The third-order valence-electron chi connectivity index (χ3n) is 5.15. The Morgan fingerprint density at radius 2 is 1.72 bits per heavy atom. The normalized spacial score (nSPS) is 15.4. The lowest BCUT2D eigenvalue weighted by molar-refractivity contribution is 0.0928. The van der Waals surface area contributed by atoms with Crippen molar-refractivity contribution >= 4 is 5.91 Å². The molecule has 1 fully saturated rings. The molecule has 0 aliphatic heterocycles. The number of amides is 1. The Bertz CT molecular complexity index is 851. The Hall–Kier alpha value is -2.88. The van der Waals surface area contributed by atoms with E-state index in [4.69, 9.17) is 0 Å². The van der Waals surface area contributed by atoms with Crippen molar-refractivity contribution in [1.29, 1.82) is 0 Å². The Balaban J connectivity index is 1.45. The minimum Gasteiger partial charge on any atom is -0.351 e. The molecule has 4 rings (SSSR count). The average Bonchev–Trinajstić information content (AvgIpc) is 3.13. The zero-order valence-electron chi connectivity index (χ0n) is 14.1. The van der Waals surface area contributed by atoms with Gasteiger partial charge in [0.05, 0.1) is 17.4 Å². The predicted octanol–water partition coefficient (Wildman–Crippen LogP) is 3.72. The number of nitrogens with one attached hydrogen (secondary N) is 1. The second kappa shape index (κ2) is 6.55. The summed E-state index contributed by atoms with van der Waals surface area (Å²) in [5.41, 5.74) is 2.95. The Kier molecular flexibility index (Phi) is 4.10. The van der Waals surface area contributed by atoms with E-state index < -0.39 is 0 Å². The second-order valence-electron chi connectivity index (χ2n) is 6.69. The molecule has 25 heavy (non-hydrogen) atoms. The van der Waals surface area contributed by atoms with Crippen LogP contribution in [-0.2, 0) is 5.41 Å². The first-order chi connectivity index (χ1) is 12.3. The van der Waals surface area contributed by atoms with Gasteiger partial charge in [0, 0.05) is 18.2 Å². The fourth-order valence-corrected chi connectivity index (χ4v) is 3.48. The van der Waals surface area contributed by atoms with Gasteiger partial charge in [-0.15, -0.1) is 0 Å². The molecule has 0 spiro atoms. The van der Waals surface area contributed by atoms with E-state index in [-0.39, 0.29) is 11.3 Å². The van der Waals surface area contributed by atoms with E-state index in [1.807, 2.05) is 36.4 Å². The summed E-state index contributed by atoms with van der Waals surface area (Å²) < 4.78 is 1.73. The van der Waals surface area contributed by atoms with Crippen LogP contribution < -0.4 is 5.32 Å². The first-order valence-electron chi connectivity index (χ1n) is 8.71. The van der Waals surface area contributed by atoms with E-state index in [2.05, 4.69) is 34.7 Å². The van der Waals surface area contributed by atoms with Crippen LogP contribution in [0.3, 0.4) is 0 Å². The van der Waals surface area contributed by atoms with Crippen molar-refractivity contribution in [2.24, 2.45) is 0 Å². The van der Waals surface area contributed by atoms with Crippen LogP contribution in [0.2, 0.25) is 0 Å². The van der Waals surface area contributed by atoms with E-state index in [0.717, 1.165) is 18.5 Å². The van der Waals surface area contributed by atoms with Gasteiger partial charge in [-0.1, -0.05) is 55.0 Å². The standard InChI is InChI=1S/C21H21N3O/c25-20(17-14-23-24(15-17)19-10-5-2-6-11-19)22-16-21(12-7-13-21)18-8-3-1-4-9-18/h1-6,8-11,14-15H,7,12-13,16H2,(H,22,25). The number of hydrogen-bond donors (Lipinski definition) is 1. The van der Waals surface area contributed by atoms with Crippen molar-refractivity contribution in [3.05, 3.63) is 84.2 Å². The molecule has 1 aliphatic rings. The highest BCUT2D eigenvalue weighted by molar-refractivity contribution is 5.93. The van der Waals surface area contributed by atoms with E-state index in [1.54, 1.807) is 17.1 Å². The number of aromatic nitrogens is 2. The van der Waals surface area contributed by atoms with Crippen LogP contribution in [0.25, 0.3) is 5.69 Å².